The zero-order valence-electron chi connectivity index (χ0n) is 23.1. The predicted octanol–water partition coefficient (Wildman–Crippen LogP) is 6.00. The van der Waals surface area contributed by atoms with Crippen LogP contribution in [0.2, 0.25) is 10.0 Å². The molecule has 4 aromatic rings. The average Bonchev–Trinajstić information content (AvgIpc) is 2.98. The minimum atomic E-state index is -0.447. The minimum absolute atomic E-state index is 0. The van der Waals surface area contributed by atoms with Crippen molar-refractivity contribution in [1.29, 1.82) is 0 Å². The standard InChI is InChI=1S/C31H28Cl2N4O4.ClH/c1-19-7-11-21-5-4-6-26(30(21)36-19)41-18-23-24(32)14-15-25(29(23)33)37(3)28(39)17-35-27(38)16-10-20-8-12-22(13-9-20)31(40)34-2;/h4-16H,17-18H2,1-3H3,(H,34,40)(H,35,38);1H. The molecule has 0 saturated carbocycles. The van der Waals surface area contributed by atoms with Gasteiger partial charge < -0.3 is 20.3 Å². The van der Waals surface area contributed by atoms with Crippen molar-refractivity contribution in [3.63, 3.8) is 0 Å². The van der Waals surface area contributed by atoms with Crippen LogP contribution in [-0.4, -0.2) is 43.3 Å². The Morgan fingerprint density at radius 1 is 1.00 bits per heavy atom. The van der Waals surface area contributed by atoms with Gasteiger partial charge in [-0.05, 0) is 55.0 Å². The Hall–Kier alpha value is -4.11. The number of carbonyl (C=O) groups excluding carboxylic acids is 3. The molecule has 4 rings (SSSR count). The number of pyridine rings is 1. The highest BCUT2D eigenvalue weighted by atomic mass is 35.5. The molecule has 2 N–H and O–H groups in total. The molecule has 42 heavy (non-hydrogen) atoms. The van der Waals surface area contributed by atoms with Crippen LogP contribution in [0, 0.1) is 6.92 Å². The molecule has 0 spiro atoms. The highest BCUT2D eigenvalue weighted by Gasteiger charge is 2.19. The molecular weight excluding hydrogens is 599 g/mol. The van der Waals surface area contributed by atoms with E-state index in [1.165, 1.54) is 11.0 Å². The normalized spacial score (nSPS) is 10.7. The van der Waals surface area contributed by atoms with Crippen LogP contribution in [-0.2, 0) is 16.2 Å². The van der Waals surface area contributed by atoms with E-state index in [4.69, 9.17) is 27.9 Å². The molecule has 0 aliphatic heterocycles. The van der Waals surface area contributed by atoms with E-state index < -0.39 is 5.91 Å². The van der Waals surface area contributed by atoms with Crippen molar-refractivity contribution in [3.8, 4) is 5.75 Å². The van der Waals surface area contributed by atoms with Gasteiger partial charge in [0, 0.05) is 47.4 Å². The zero-order valence-corrected chi connectivity index (χ0v) is 25.4. The summed E-state index contributed by atoms with van der Waals surface area (Å²) < 4.78 is 6.06. The average molecular weight is 628 g/mol. The third-order valence-electron chi connectivity index (χ3n) is 6.34. The number of nitrogens with one attached hydrogen (secondary N) is 2. The number of fused-ring (bicyclic) bond motifs is 1. The third kappa shape index (κ3) is 7.79. The van der Waals surface area contributed by atoms with Crippen molar-refractivity contribution in [2.45, 2.75) is 13.5 Å². The first-order valence-electron chi connectivity index (χ1n) is 12.7. The number of likely N-dealkylation sites (N-methyl/N-ethyl adjacent to an activating group) is 1. The second-order valence-corrected chi connectivity index (χ2v) is 9.92. The minimum Gasteiger partial charge on any atom is -0.487 e. The molecular formula is C31H29Cl3N4O4. The first-order valence-corrected chi connectivity index (χ1v) is 13.4. The smallest absolute Gasteiger partial charge is 0.251 e. The molecule has 0 unspecified atom stereocenters. The van der Waals surface area contributed by atoms with Crippen LogP contribution in [0.15, 0.2) is 72.8 Å². The lowest BCUT2D eigenvalue weighted by Crippen LogP contribution is -2.37. The van der Waals surface area contributed by atoms with Gasteiger partial charge in [-0.3, -0.25) is 14.4 Å². The summed E-state index contributed by atoms with van der Waals surface area (Å²) in [6.07, 6.45) is 2.91. The number of amides is 3. The van der Waals surface area contributed by atoms with Gasteiger partial charge >= 0.3 is 0 Å². The summed E-state index contributed by atoms with van der Waals surface area (Å²) in [6, 6.07) is 19.6. The number of anilines is 1. The lowest BCUT2D eigenvalue weighted by Gasteiger charge is -2.21. The van der Waals surface area contributed by atoms with Crippen molar-refractivity contribution in [2.24, 2.45) is 0 Å². The van der Waals surface area contributed by atoms with E-state index in [0.29, 0.717) is 27.6 Å². The highest BCUT2D eigenvalue weighted by molar-refractivity contribution is 6.38. The molecule has 11 heteroatoms. The zero-order chi connectivity index (χ0) is 29.5. The molecule has 3 amide bonds. The largest absolute Gasteiger partial charge is 0.487 e. The first-order chi connectivity index (χ1) is 19.7. The van der Waals surface area contributed by atoms with Crippen molar-refractivity contribution < 1.29 is 19.1 Å². The summed E-state index contributed by atoms with van der Waals surface area (Å²) in [5.41, 5.74) is 3.78. The van der Waals surface area contributed by atoms with Gasteiger partial charge in [0.05, 0.1) is 17.3 Å². The molecule has 1 heterocycles. The van der Waals surface area contributed by atoms with E-state index in [-0.39, 0.29) is 42.4 Å². The van der Waals surface area contributed by atoms with E-state index in [1.807, 2.05) is 37.3 Å². The van der Waals surface area contributed by atoms with Crippen LogP contribution < -0.4 is 20.3 Å². The fraction of sp³-hybridized carbons (Fsp3) is 0.161. The topological polar surface area (TPSA) is 101 Å². The maximum absolute atomic E-state index is 12.9. The molecule has 8 nitrogen and oxygen atoms in total. The van der Waals surface area contributed by atoms with Gasteiger partial charge in [-0.25, -0.2) is 4.98 Å². The molecule has 0 fully saturated rings. The number of hydrogen-bond acceptors (Lipinski definition) is 5. The van der Waals surface area contributed by atoms with Gasteiger partial charge in [-0.15, -0.1) is 12.4 Å². The monoisotopic (exact) mass is 626 g/mol. The second kappa shape index (κ2) is 14.7. The van der Waals surface area contributed by atoms with Crippen molar-refractivity contribution >= 4 is 76.0 Å². The molecule has 0 radical (unpaired) electrons. The number of ether oxygens (including phenoxy) is 1. The van der Waals surface area contributed by atoms with E-state index in [2.05, 4.69) is 15.6 Å². The van der Waals surface area contributed by atoms with Gasteiger partial charge in [0.2, 0.25) is 11.8 Å². The SMILES string of the molecule is CNC(=O)c1ccc(C=CC(=O)NCC(=O)N(C)c2ccc(Cl)c(COc3cccc4ccc(C)nc34)c2Cl)cc1.Cl. The Bertz CT molecular complexity index is 1640. The lowest BCUT2D eigenvalue weighted by molar-refractivity contribution is -0.122. The summed E-state index contributed by atoms with van der Waals surface area (Å²) in [6.45, 7) is 1.72. The van der Waals surface area contributed by atoms with E-state index >= 15 is 0 Å². The van der Waals surface area contributed by atoms with Crippen LogP contribution >= 0.6 is 35.6 Å². The first kappa shape index (κ1) is 32.4. The summed E-state index contributed by atoms with van der Waals surface area (Å²) in [5, 5.41) is 6.73. The third-order valence-corrected chi connectivity index (χ3v) is 7.11. The van der Waals surface area contributed by atoms with Crippen LogP contribution in [0.1, 0.15) is 27.2 Å². The molecule has 0 saturated heterocycles. The number of para-hydroxylation sites is 1. The van der Waals surface area contributed by atoms with Crippen LogP contribution in [0.25, 0.3) is 17.0 Å². The number of rotatable bonds is 9. The number of carbonyl (C=O) groups is 3. The van der Waals surface area contributed by atoms with Crippen molar-refractivity contribution in [1.82, 2.24) is 15.6 Å². The summed E-state index contributed by atoms with van der Waals surface area (Å²) in [5.74, 6) is -0.436. The molecule has 0 aliphatic carbocycles. The molecule has 0 aliphatic rings. The molecule has 1 aromatic heterocycles. The van der Waals surface area contributed by atoms with Gasteiger partial charge in [-0.1, -0.05) is 53.5 Å². The molecule has 0 bridgehead atoms. The number of benzene rings is 3. The molecule has 0 atom stereocenters. The Morgan fingerprint density at radius 2 is 1.74 bits per heavy atom. The molecule has 3 aromatic carbocycles. The van der Waals surface area contributed by atoms with Gasteiger partial charge in [0.25, 0.3) is 5.91 Å². The van der Waals surface area contributed by atoms with Gasteiger partial charge in [0.15, 0.2) is 0 Å². The van der Waals surface area contributed by atoms with E-state index in [1.54, 1.807) is 56.6 Å². The Kier molecular flexibility index (Phi) is 11.3. The number of aromatic nitrogens is 1. The van der Waals surface area contributed by atoms with Crippen molar-refractivity contribution in [3.05, 3.63) is 105 Å². The fourth-order valence-corrected chi connectivity index (χ4v) is 4.60. The van der Waals surface area contributed by atoms with Crippen LogP contribution in [0.4, 0.5) is 5.69 Å². The number of aryl methyl sites for hydroxylation is 1. The Balaban J connectivity index is 0.00000484. The summed E-state index contributed by atoms with van der Waals surface area (Å²) in [4.78, 5) is 42.8. The second-order valence-electron chi connectivity index (χ2n) is 9.13. The van der Waals surface area contributed by atoms with Crippen molar-refractivity contribution in [2.75, 3.05) is 25.5 Å². The van der Waals surface area contributed by atoms with Crippen LogP contribution in [0.3, 0.4) is 0 Å². The molecule has 218 valence electrons. The fourth-order valence-electron chi connectivity index (χ4n) is 4.00. The Labute approximate surface area is 260 Å². The summed E-state index contributed by atoms with van der Waals surface area (Å²) in [7, 11) is 3.12. The van der Waals surface area contributed by atoms with Gasteiger partial charge in [0.1, 0.15) is 17.9 Å². The van der Waals surface area contributed by atoms with Gasteiger partial charge in [-0.2, -0.15) is 0 Å². The highest BCUT2D eigenvalue weighted by Crippen LogP contribution is 2.35. The van der Waals surface area contributed by atoms with E-state index in [0.717, 1.165) is 22.2 Å². The predicted molar refractivity (Wildman–Crippen MR) is 170 cm³/mol. The number of nitrogens with zero attached hydrogens (tertiary/aromatic N) is 2. The number of halogens is 3. The maximum atomic E-state index is 12.9. The lowest BCUT2D eigenvalue weighted by atomic mass is 10.1. The maximum Gasteiger partial charge on any atom is 0.251 e. The quantitative estimate of drug-likeness (QED) is 0.222. The summed E-state index contributed by atoms with van der Waals surface area (Å²) >= 11 is 13.1. The van der Waals surface area contributed by atoms with E-state index in [9.17, 15) is 14.4 Å². The Morgan fingerprint density at radius 3 is 2.45 bits per heavy atom. The number of hydrogen-bond donors (Lipinski definition) is 2. The van der Waals surface area contributed by atoms with Crippen LogP contribution in [0.5, 0.6) is 5.75 Å².